The Morgan fingerprint density at radius 1 is 1.03 bits per heavy atom. The molecule has 1 saturated carbocycles. The zero-order valence-electron chi connectivity index (χ0n) is 15.5. The Balaban J connectivity index is 1.84. The summed E-state index contributed by atoms with van der Waals surface area (Å²) in [4.78, 5) is 9.32. The quantitative estimate of drug-likeness (QED) is 0.528. The van der Waals surface area contributed by atoms with Crippen LogP contribution in [0.15, 0.2) is 58.5 Å². The fourth-order valence-corrected chi connectivity index (χ4v) is 6.36. The van der Waals surface area contributed by atoms with Crippen LogP contribution >= 0.6 is 23.4 Å². The molecule has 8 heteroatoms. The van der Waals surface area contributed by atoms with Gasteiger partial charge in [0.25, 0.3) is 0 Å². The normalized spacial score (nSPS) is 16.0. The van der Waals surface area contributed by atoms with Gasteiger partial charge in [0.1, 0.15) is 10.7 Å². The molecule has 3 aromatic rings. The van der Waals surface area contributed by atoms with Crippen molar-refractivity contribution in [3.05, 3.63) is 59.2 Å². The number of aromatic nitrogens is 2. The number of para-hydroxylation sites is 2. The number of fused-ring (bicyclic) bond motifs is 1. The lowest BCUT2D eigenvalue weighted by atomic mass is 10.2. The van der Waals surface area contributed by atoms with Gasteiger partial charge in [-0.05, 0) is 49.2 Å². The number of nitriles is 1. The SMILES string of the molecule is N#CC(c1nc2ccccc2nc1SC1CCCC1)S(=O)(=O)c1ccc(Cl)cc1. The van der Waals surface area contributed by atoms with E-state index in [0.717, 1.165) is 25.7 Å². The Bertz CT molecular complexity index is 1180. The lowest BCUT2D eigenvalue weighted by Gasteiger charge is -2.16. The van der Waals surface area contributed by atoms with Gasteiger partial charge in [0.15, 0.2) is 15.1 Å². The Kier molecular flexibility index (Phi) is 5.77. The van der Waals surface area contributed by atoms with Crippen molar-refractivity contribution in [3.63, 3.8) is 0 Å². The highest BCUT2D eigenvalue weighted by molar-refractivity contribution is 8.00. The summed E-state index contributed by atoms with van der Waals surface area (Å²) < 4.78 is 26.5. The summed E-state index contributed by atoms with van der Waals surface area (Å²) >= 11 is 7.43. The molecule has 4 rings (SSSR count). The molecule has 148 valence electrons. The van der Waals surface area contributed by atoms with E-state index >= 15 is 0 Å². The number of nitrogens with zero attached hydrogens (tertiary/aromatic N) is 3. The summed E-state index contributed by atoms with van der Waals surface area (Å²) in [5, 5.41) is 9.74. The largest absolute Gasteiger partial charge is 0.246 e. The zero-order chi connectivity index (χ0) is 20.4. The minimum Gasteiger partial charge on any atom is -0.246 e. The highest BCUT2D eigenvalue weighted by Gasteiger charge is 2.34. The van der Waals surface area contributed by atoms with Gasteiger partial charge in [-0.3, -0.25) is 0 Å². The fraction of sp³-hybridized carbons (Fsp3) is 0.286. The van der Waals surface area contributed by atoms with Crippen molar-refractivity contribution in [2.45, 2.75) is 46.1 Å². The van der Waals surface area contributed by atoms with Crippen molar-refractivity contribution in [1.29, 1.82) is 5.26 Å². The van der Waals surface area contributed by atoms with E-state index in [2.05, 4.69) is 4.98 Å². The summed E-state index contributed by atoms with van der Waals surface area (Å²) in [6.45, 7) is 0. The van der Waals surface area contributed by atoms with Crippen molar-refractivity contribution >= 4 is 44.2 Å². The van der Waals surface area contributed by atoms with E-state index in [1.165, 1.54) is 36.0 Å². The van der Waals surface area contributed by atoms with Gasteiger partial charge in [-0.15, -0.1) is 11.8 Å². The Labute approximate surface area is 179 Å². The topological polar surface area (TPSA) is 83.7 Å². The second-order valence-corrected chi connectivity index (χ2v) is 10.7. The van der Waals surface area contributed by atoms with Crippen LogP contribution in [0.2, 0.25) is 5.02 Å². The maximum atomic E-state index is 13.3. The number of hydrogen-bond donors (Lipinski definition) is 0. The van der Waals surface area contributed by atoms with E-state index < -0.39 is 15.1 Å². The molecule has 1 aliphatic carbocycles. The standard InChI is InChI=1S/C21H18ClN3O2S2/c22-14-9-11-16(12-10-14)29(26,27)19(13-23)20-21(28-15-5-1-2-6-15)25-18-8-4-3-7-17(18)24-20/h3-4,7-12,15,19H,1-2,5-6H2. The van der Waals surface area contributed by atoms with Gasteiger partial charge in [0.05, 0.1) is 22.0 Å². The van der Waals surface area contributed by atoms with Crippen molar-refractivity contribution in [3.8, 4) is 6.07 Å². The van der Waals surface area contributed by atoms with Crippen LogP contribution in [0.1, 0.15) is 36.6 Å². The van der Waals surface area contributed by atoms with Gasteiger partial charge in [0, 0.05) is 10.3 Å². The molecular weight excluding hydrogens is 426 g/mol. The Morgan fingerprint density at radius 3 is 2.28 bits per heavy atom. The average molecular weight is 444 g/mol. The molecule has 2 aromatic carbocycles. The molecule has 0 bridgehead atoms. The van der Waals surface area contributed by atoms with Crippen LogP contribution in [0.3, 0.4) is 0 Å². The van der Waals surface area contributed by atoms with Crippen LogP contribution in [0.5, 0.6) is 0 Å². The maximum absolute atomic E-state index is 13.3. The van der Waals surface area contributed by atoms with Crippen LogP contribution in [0.25, 0.3) is 11.0 Å². The molecule has 1 aliphatic rings. The molecule has 1 heterocycles. The van der Waals surface area contributed by atoms with E-state index in [-0.39, 0.29) is 10.6 Å². The summed E-state index contributed by atoms with van der Waals surface area (Å²) in [5.41, 5.74) is 1.47. The smallest absolute Gasteiger partial charge is 0.200 e. The molecule has 0 amide bonds. The second-order valence-electron chi connectivity index (χ2n) is 6.94. The minimum atomic E-state index is -3.98. The van der Waals surface area contributed by atoms with E-state index in [0.29, 0.717) is 26.3 Å². The number of thioether (sulfide) groups is 1. The van der Waals surface area contributed by atoms with Crippen LogP contribution in [0, 0.1) is 11.3 Å². The third kappa shape index (κ3) is 4.11. The number of benzene rings is 2. The monoisotopic (exact) mass is 443 g/mol. The first-order valence-corrected chi connectivity index (χ1v) is 12.1. The molecule has 0 saturated heterocycles. The predicted octanol–water partition coefficient (Wildman–Crippen LogP) is 5.36. The molecule has 1 unspecified atom stereocenters. The summed E-state index contributed by atoms with van der Waals surface area (Å²) in [6, 6.07) is 15.1. The lowest BCUT2D eigenvalue weighted by Crippen LogP contribution is -2.16. The van der Waals surface area contributed by atoms with Gasteiger partial charge < -0.3 is 0 Å². The fourth-order valence-electron chi connectivity index (χ4n) is 3.46. The average Bonchev–Trinajstić information content (AvgIpc) is 3.22. The van der Waals surface area contributed by atoms with Gasteiger partial charge >= 0.3 is 0 Å². The van der Waals surface area contributed by atoms with Crippen molar-refractivity contribution in [2.75, 3.05) is 0 Å². The van der Waals surface area contributed by atoms with Crippen LogP contribution in [-0.2, 0) is 9.84 Å². The first-order valence-electron chi connectivity index (χ1n) is 9.31. The second kappa shape index (κ2) is 8.31. The third-order valence-electron chi connectivity index (χ3n) is 4.96. The number of hydrogen-bond acceptors (Lipinski definition) is 6. The van der Waals surface area contributed by atoms with E-state index in [4.69, 9.17) is 16.6 Å². The number of halogens is 1. The molecular formula is C21H18ClN3O2S2. The summed E-state index contributed by atoms with van der Waals surface area (Å²) in [7, 11) is -3.98. The number of sulfone groups is 1. The van der Waals surface area contributed by atoms with Gasteiger partial charge in [0.2, 0.25) is 0 Å². The maximum Gasteiger partial charge on any atom is 0.200 e. The zero-order valence-corrected chi connectivity index (χ0v) is 17.8. The predicted molar refractivity (Wildman–Crippen MR) is 115 cm³/mol. The molecule has 5 nitrogen and oxygen atoms in total. The van der Waals surface area contributed by atoms with Crippen LogP contribution < -0.4 is 0 Å². The van der Waals surface area contributed by atoms with Gasteiger partial charge in [-0.2, -0.15) is 5.26 Å². The van der Waals surface area contributed by atoms with Crippen molar-refractivity contribution in [1.82, 2.24) is 9.97 Å². The molecule has 0 N–H and O–H groups in total. The highest BCUT2D eigenvalue weighted by atomic mass is 35.5. The molecule has 29 heavy (non-hydrogen) atoms. The third-order valence-corrected chi connectivity index (χ3v) is 8.42. The molecule has 1 fully saturated rings. The first-order chi connectivity index (χ1) is 14.0. The van der Waals surface area contributed by atoms with E-state index in [9.17, 15) is 13.7 Å². The van der Waals surface area contributed by atoms with Crippen LogP contribution in [0.4, 0.5) is 0 Å². The Hall–Kier alpha value is -2.14. The summed E-state index contributed by atoms with van der Waals surface area (Å²) in [5.74, 6) is 0. The van der Waals surface area contributed by atoms with Gasteiger partial charge in [-0.1, -0.05) is 36.6 Å². The van der Waals surface area contributed by atoms with Crippen molar-refractivity contribution < 1.29 is 8.42 Å². The van der Waals surface area contributed by atoms with E-state index in [1.807, 2.05) is 24.3 Å². The molecule has 1 atom stereocenters. The lowest BCUT2D eigenvalue weighted by molar-refractivity contribution is 0.589. The molecule has 0 spiro atoms. The molecule has 1 aromatic heterocycles. The van der Waals surface area contributed by atoms with Gasteiger partial charge in [-0.25, -0.2) is 18.4 Å². The minimum absolute atomic E-state index is 0.0419. The molecule has 0 radical (unpaired) electrons. The number of rotatable bonds is 5. The van der Waals surface area contributed by atoms with E-state index in [1.54, 1.807) is 6.07 Å². The summed E-state index contributed by atoms with van der Waals surface area (Å²) in [6.07, 6.45) is 4.41. The first kappa shape index (κ1) is 20.1. The Morgan fingerprint density at radius 2 is 1.66 bits per heavy atom. The van der Waals surface area contributed by atoms with Crippen molar-refractivity contribution in [2.24, 2.45) is 0 Å². The highest BCUT2D eigenvalue weighted by Crippen LogP contribution is 2.39. The van der Waals surface area contributed by atoms with Crippen LogP contribution in [-0.4, -0.2) is 23.6 Å². The molecule has 0 aliphatic heterocycles.